The predicted molar refractivity (Wildman–Crippen MR) is 90.4 cm³/mol. The van der Waals surface area contributed by atoms with Gasteiger partial charge in [0.25, 0.3) is 0 Å². The van der Waals surface area contributed by atoms with Gasteiger partial charge in [0.2, 0.25) is 0 Å². The van der Waals surface area contributed by atoms with E-state index in [1.165, 1.54) is 11.1 Å². The maximum atomic E-state index is 6.08. The quantitative estimate of drug-likeness (QED) is 0.746. The molecule has 0 heterocycles. The highest BCUT2D eigenvalue weighted by atomic mass is 35.5. The van der Waals surface area contributed by atoms with E-state index in [1.54, 1.807) is 6.08 Å². The number of hydrogen-bond acceptors (Lipinski definition) is 2. The van der Waals surface area contributed by atoms with Crippen molar-refractivity contribution in [2.45, 2.75) is 20.4 Å². The average Bonchev–Trinajstić information content (AvgIpc) is 2.45. The number of nitrogens with one attached hydrogen (secondary N) is 1. The van der Waals surface area contributed by atoms with Crippen LogP contribution < -0.4 is 10.1 Å². The topological polar surface area (TPSA) is 21.3 Å². The Kier molecular flexibility index (Phi) is 5.29. The summed E-state index contributed by atoms with van der Waals surface area (Å²) in [4.78, 5) is 0. The molecule has 0 bridgehead atoms. The van der Waals surface area contributed by atoms with Gasteiger partial charge in [0.15, 0.2) is 0 Å². The Morgan fingerprint density at radius 3 is 2.71 bits per heavy atom. The SMILES string of the molecule is C=CCOc1ccc(Cl)cc1CNc1ccc(C)cc1C. The van der Waals surface area contributed by atoms with Crippen LogP contribution in [0.5, 0.6) is 5.75 Å². The van der Waals surface area contributed by atoms with Crippen LogP contribution in [0.15, 0.2) is 49.1 Å². The van der Waals surface area contributed by atoms with E-state index in [1.807, 2.05) is 18.2 Å². The standard InChI is InChI=1S/C18H20ClNO/c1-4-9-21-18-8-6-16(19)11-15(18)12-20-17-7-5-13(2)10-14(17)3/h4-8,10-11,20H,1,9,12H2,2-3H3. The van der Waals surface area contributed by atoms with Crippen LogP contribution in [-0.2, 0) is 6.54 Å². The minimum absolute atomic E-state index is 0.484. The van der Waals surface area contributed by atoms with Crippen molar-refractivity contribution in [3.63, 3.8) is 0 Å². The molecule has 2 aromatic carbocycles. The van der Waals surface area contributed by atoms with Gasteiger partial charge in [-0.05, 0) is 43.7 Å². The van der Waals surface area contributed by atoms with Crippen LogP contribution >= 0.6 is 11.6 Å². The fourth-order valence-corrected chi connectivity index (χ4v) is 2.37. The van der Waals surface area contributed by atoms with Crippen LogP contribution in [0.2, 0.25) is 5.02 Å². The van der Waals surface area contributed by atoms with Crippen LogP contribution in [0.25, 0.3) is 0 Å². The van der Waals surface area contributed by atoms with Crippen molar-refractivity contribution in [3.8, 4) is 5.75 Å². The van der Waals surface area contributed by atoms with Crippen molar-refractivity contribution < 1.29 is 4.74 Å². The third-order valence-corrected chi connectivity index (χ3v) is 3.47. The molecule has 2 nitrogen and oxygen atoms in total. The van der Waals surface area contributed by atoms with Gasteiger partial charge in [-0.25, -0.2) is 0 Å². The molecule has 0 radical (unpaired) electrons. The summed E-state index contributed by atoms with van der Waals surface area (Å²) in [5.74, 6) is 0.830. The number of rotatable bonds is 6. The van der Waals surface area contributed by atoms with Gasteiger partial charge >= 0.3 is 0 Å². The van der Waals surface area contributed by atoms with Crippen molar-refractivity contribution in [1.29, 1.82) is 0 Å². The highest BCUT2D eigenvalue weighted by Crippen LogP contribution is 2.25. The molecule has 0 saturated carbocycles. The van der Waals surface area contributed by atoms with Gasteiger partial charge in [-0.1, -0.05) is 42.0 Å². The zero-order chi connectivity index (χ0) is 15.2. The van der Waals surface area contributed by atoms with Gasteiger partial charge in [0.05, 0.1) is 0 Å². The summed E-state index contributed by atoms with van der Waals surface area (Å²) in [5, 5.41) is 4.14. The Labute approximate surface area is 131 Å². The summed E-state index contributed by atoms with van der Waals surface area (Å²) in [5.41, 5.74) is 4.64. The Bertz CT molecular complexity index is 637. The first-order valence-corrected chi connectivity index (χ1v) is 7.31. The van der Waals surface area contributed by atoms with E-state index in [0.717, 1.165) is 17.0 Å². The van der Waals surface area contributed by atoms with Crippen LogP contribution in [0, 0.1) is 13.8 Å². The third kappa shape index (κ3) is 4.27. The maximum Gasteiger partial charge on any atom is 0.124 e. The molecule has 1 N–H and O–H groups in total. The van der Waals surface area contributed by atoms with E-state index in [-0.39, 0.29) is 0 Å². The monoisotopic (exact) mass is 301 g/mol. The smallest absolute Gasteiger partial charge is 0.124 e. The second kappa shape index (κ2) is 7.19. The molecule has 21 heavy (non-hydrogen) atoms. The molecule has 0 fully saturated rings. The molecule has 0 saturated heterocycles. The first-order chi connectivity index (χ1) is 10.1. The minimum Gasteiger partial charge on any atom is -0.489 e. The summed E-state index contributed by atoms with van der Waals surface area (Å²) >= 11 is 6.08. The van der Waals surface area contributed by atoms with Crippen molar-refractivity contribution >= 4 is 17.3 Å². The van der Waals surface area contributed by atoms with Crippen LogP contribution in [0.3, 0.4) is 0 Å². The summed E-state index contributed by atoms with van der Waals surface area (Å²) in [7, 11) is 0. The number of anilines is 1. The van der Waals surface area contributed by atoms with Gasteiger partial charge in [-0.3, -0.25) is 0 Å². The van der Waals surface area contributed by atoms with Gasteiger partial charge in [-0.15, -0.1) is 0 Å². The molecule has 0 aromatic heterocycles. The van der Waals surface area contributed by atoms with E-state index < -0.39 is 0 Å². The zero-order valence-corrected chi connectivity index (χ0v) is 13.2. The Morgan fingerprint density at radius 1 is 1.19 bits per heavy atom. The minimum atomic E-state index is 0.484. The van der Waals surface area contributed by atoms with E-state index in [9.17, 15) is 0 Å². The largest absolute Gasteiger partial charge is 0.489 e. The highest BCUT2D eigenvalue weighted by Gasteiger charge is 2.06. The normalized spacial score (nSPS) is 10.2. The van der Waals surface area contributed by atoms with E-state index >= 15 is 0 Å². The predicted octanol–water partition coefficient (Wildman–Crippen LogP) is 5.13. The number of hydrogen-bond donors (Lipinski definition) is 1. The first kappa shape index (κ1) is 15.5. The van der Waals surface area contributed by atoms with Crippen molar-refractivity contribution in [2.75, 3.05) is 11.9 Å². The van der Waals surface area contributed by atoms with Crippen LogP contribution in [-0.4, -0.2) is 6.61 Å². The lowest BCUT2D eigenvalue weighted by molar-refractivity contribution is 0.359. The summed E-state index contributed by atoms with van der Waals surface area (Å²) in [6.45, 7) is 9.01. The molecule has 0 amide bonds. The third-order valence-electron chi connectivity index (χ3n) is 3.23. The van der Waals surface area contributed by atoms with Crippen molar-refractivity contribution in [3.05, 3.63) is 70.8 Å². The molecule has 2 rings (SSSR count). The molecular weight excluding hydrogens is 282 g/mol. The fourth-order valence-electron chi connectivity index (χ4n) is 2.18. The molecule has 0 aliphatic rings. The number of benzene rings is 2. The second-order valence-corrected chi connectivity index (χ2v) is 5.46. The second-order valence-electron chi connectivity index (χ2n) is 5.02. The molecule has 0 spiro atoms. The Hall–Kier alpha value is -1.93. The van der Waals surface area contributed by atoms with Crippen LogP contribution in [0.1, 0.15) is 16.7 Å². The number of aryl methyl sites for hydroxylation is 2. The summed E-state index contributed by atoms with van der Waals surface area (Å²) in [6, 6.07) is 12.0. The van der Waals surface area contributed by atoms with Gasteiger partial charge in [0, 0.05) is 22.8 Å². The highest BCUT2D eigenvalue weighted by molar-refractivity contribution is 6.30. The lowest BCUT2D eigenvalue weighted by atomic mass is 10.1. The molecular formula is C18H20ClNO. The zero-order valence-electron chi connectivity index (χ0n) is 12.4. The maximum absolute atomic E-state index is 6.08. The lowest BCUT2D eigenvalue weighted by Gasteiger charge is -2.14. The Balaban J connectivity index is 2.14. The molecule has 2 aromatic rings. The lowest BCUT2D eigenvalue weighted by Crippen LogP contribution is -2.04. The summed E-state index contributed by atoms with van der Waals surface area (Å²) < 4.78 is 5.66. The van der Waals surface area contributed by atoms with Crippen LogP contribution in [0.4, 0.5) is 5.69 Å². The van der Waals surface area contributed by atoms with E-state index in [2.05, 4.69) is 43.9 Å². The molecule has 0 atom stereocenters. The van der Waals surface area contributed by atoms with E-state index in [0.29, 0.717) is 18.2 Å². The molecule has 0 aliphatic carbocycles. The van der Waals surface area contributed by atoms with Gasteiger partial charge in [-0.2, -0.15) is 0 Å². The average molecular weight is 302 g/mol. The molecule has 0 unspecified atom stereocenters. The number of halogens is 1. The van der Waals surface area contributed by atoms with Gasteiger partial charge < -0.3 is 10.1 Å². The number of ether oxygens (including phenoxy) is 1. The molecule has 0 aliphatic heterocycles. The van der Waals surface area contributed by atoms with Gasteiger partial charge in [0.1, 0.15) is 12.4 Å². The summed E-state index contributed by atoms with van der Waals surface area (Å²) in [6.07, 6.45) is 1.73. The van der Waals surface area contributed by atoms with Crippen molar-refractivity contribution in [1.82, 2.24) is 0 Å². The molecule has 3 heteroatoms. The van der Waals surface area contributed by atoms with E-state index in [4.69, 9.17) is 16.3 Å². The molecule has 110 valence electrons. The first-order valence-electron chi connectivity index (χ1n) is 6.93. The Morgan fingerprint density at radius 2 is 2.00 bits per heavy atom. The fraction of sp³-hybridized carbons (Fsp3) is 0.222. The van der Waals surface area contributed by atoms with Crippen molar-refractivity contribution in [2.24, 2.45) is 0 Å².